The summed E-state index contributed by atoms with van der Waals surface area (Å²) in [4.78, 5) is 35.7. The Morgan fingerprint density at radius 2 is 1.25 bits per heavy atom. The zero-order valence-corrected chi connectivity index (χ0v) is 23.3. The second-order valence-corrected chi connectivity index (χ2v) is 3.48. The Morgan fingerprint density at radius 3 is 1.25 bits per heavy atom. The van der Waals surface area contributed by atoms with E-state index in [1.165, 1.54) is 0 Å². The van der Waals surface area contributed by atoms with Gasteiger partial charge >= 0.3 is 175 Å². The Hall–Kier alpha value is 5.68. The van der Waals surface area contributed by atoms with Crippen molar-refractivity contribution in [3.05, 3.63) is 0 Å². The molecular formula is HO7P2Rb3. The molecule has 12 heavy (non-hydrogen) atoms. The van der Waals surface area contributed by atoms with Gasteiger partial charge in [-0.25, -0.2) is 0 Å². The van der Waals surface area contributed by atoms with Crippen LogP contribution in [0, 0.1) is 0 Å². The summed E-state index contributed by atoms with van der Waals surface area (Å²) in [6.45, 7) is 0. The van der Waals surface area contributed by atoms with E-state index >= 15 is 0 Å². The Kier molecular flexibility index (Phi) is 25.7. The number of rotatable bonds is 2. The van der Waals surface area contributed by atoms with E-state index in [4.69, 9.17) is 4.89 Å². The molecule has 1 unspecified atom stereocenters. The Bertz CT molecular complexity index is 157. The van der Waals surface area contributed by atoms with Crippen molar-refractivity contribution in [1.29, 1.82) is 0 Å². The third-order valence-corrected chi connectivity index (χ3v) is 1.83. The van der Waals surface area contributed by atoms with Crippen LogP contribution in [-0.4, -0.2) is 4.89 Å². The summed E-state index contributed by atoms with van der Waals surface area (Å²) in [5.74, 6) is 0. The summed E-state index contributed by atoms with van der Waals surface area (Å²) in [5.41, 5.74) is 0. The topological polar surface area (TPSA) is 133 Å². The molecule has 0 radical (unpaired) electrons. The van der Waals surface area contributed by atoms with Crippen LogP contribution in [0.25, 0.3) is 0 Å². The maximum atomic E-state index is 9.44. The SMILES string of the molecule is O=P([O-])([O-])OP(=O)([O-])O.[Rb+].[Rb+].[Rb+]. The maximum Gasteiger partial charge on any atom is 1.00 e. The molecule has 0 aromatic heterocycles. The first-order valence-corrected chi connectivity index (χ1v) is 4.43. The summed E-state index contributed by atoms with van der Waals surface area (Å²) in [6, 6.07) is 0. The number of hydrogen-bond donors (Lipinski definition) is 1. The van der Waals surface area contributed by atoms with Crippen LogP contribution in [0.3, 0.4) is 0 Å². The molecule has 1 N–H and O–H groups in total. The van der Waals surface area contributed by atoms with Gasteiger partial charge in [-0.3, -0.25) is 8.88 Å². The van der Waals surface area contributed by atoms with Gasteiger partial charge in [0.25, 0.3) is 7.82 Å². The minimum atomic E-state index is -5.61. The van der Waals surface area contributed by atoms with Crippen LogP contribution >= 0.6 is 15.6 Å². The molecule has 0 aliphatic rings. The molecule has 56 valence electrons. The smallest absolute Gasteiger partial charge is 0.790 e. The summed E-state index contributed by atoms with van der Waals surface area (Å²) in [6.07, 6.45) is 0. The molecule has 0 fully saturated rings. The van der Waals surface area contributed by atoms with Gasteiger partial charge in [0.2, 0.25) is 0 Å². The molecule has 0 saturated heterocycles. The van der Waals surface area contributed by atoms with Crippen molar-refractivity contribution in [2.24, 2.45) is 0 Å². The summed E-state index contributed by atoms with van der Waals surface area (Å²) in [7, 11) is -11.0. The van der Waals surface area contributed by atoms with Crippen LogP contribution < -0.4 is 189 Å². The molecule has 0 bridgehead atoms. The molecule has 12 heteroatoms. The Balaban J connectivity index is -0.000000107. The minimum absolute atomic E-state index is 0. The van der Waals surface area contributed by atoms with Gasteiger partial charge in [-0.05, 0) is 0 Å². The van der Waals surface area contributed by atoms with Gasteiger partial charge in [-0.1, -0.05) is 0 Å². The first-order valence-electron chi connectivity index (χ1n) is 1.48. The molecule has 0 rings (SSSR count). The first-order chi connectivity index (χ1) is 3.71. The summed E-state index contributed by atoms with van der Waals surface area (Å²) in [5, 5.41) is 0. The molecule has 0 aliphatic heterocycles. The van der Waals surface area contributed by atoms with Gasteiger partial charge < -0.3 is 24.1 Å². The quantitative estimate of drug-likeness (QED) is 0.430. The second-order valence-electron chi connectivity index (χ2n) is 0.997. The standard InChI is InChI=1S/H4O7P2.3Rb/c1-8(2,3)7-9(4,5)6;;;/h(H2,1,2,3)(H2,4,5,6);;;/q;3*+1/p-3. The third-order valence-electron chi connectivity index (χ3n) is 0.203. The van der Waals surface area contributed by atoms with Gasteiger partial charge in [-0.15, -0.1) is 0 Å². The van der Waals surface area contributed by atoms with Crippen LogP contribution in [0.2, 0.25) is 0 Å². The van der Waals surface area contributed by atoms with E-state index < -0.39 is 15.6 Å². The van der Waals surface area contributed by atoms with Crippen LogP contribution in [0.4, 0.5) is 0 Å². The third kappa shape index (κ3) is 24.8. The molecule has 0 amide bonds. The van der Waals surface area contributed by atoms with Crippen molar-refractivity contribution < 1.29 is 208 Å². The fourth-order valence-corrected chi connectivity index (χ4v) is 1.14. The van der Waals surface area contributed by atoms with E-state index in [2.05, 4.69) is 4.31 Å². The van der Waals surface area contributed by atoms with Crippen molar-refractivity contribution >= 4 is 15.6 Å². The van der Waals surface area contributed by atoms with Gasteiger partial charge in [0.05, 0.1) is 7.82 Å². The van der Waals surface area contributed by atoms with Crippen LogP contribution in [0.1, 0.15) is 0 Å². The van der Waals surface area contributed by atoms with E-state index in [1.807, 2.05) is 0 Å². The monoisotopic (exact) mass is 430 g/mol. The molecule has 1 atom stereocenters. The molecule has 0 aromatic carbocycles. The predicted molar refractivity (Wildman–Crippen MR) is 18.5 cm³/mol. The summed E-state index contributed by atoms with van der Waals surface area (Å²) < 4.78 is 21.4. The van der Waals surface area contributed by atoms with Crippen LogP contribution in [-0.2, 0) is 13.4 Å². The van der Waals surface area contributed by atoms with E-state index in [0.717, 1.165) is 0 Å². The van der Waals surface area contributed by atoms with Crippen molar-refractivity contribution in [2.45, 2.75) is 0 Å². The van der Waals surface area contributed by atoms with Gasteiger partial charge in [-0.2, -0.15) is 0 Å². The Labute approximate surface area is 216 Å². The fraction of sp³-hybridized carbons (Fsp3) is 0. The number of phosphoric acid groups is 2. The fourth-order valence-electron chi connectivity index (χ4n) is 0.126. The zero-order chi connectivity index (χ0) is 7.71. The van der Waals surface area contributed by atoms with Crippen LogP contribution in [0.15, 0.2) is 0 Å². The largest absolute Gasteiger partial charge is 1.00 e. The van der Waals surface area contributed by atoms with Gasteiger partial charge in [0, 0.05) is 0 Å². The normalized spacial score (nSPS) is 14.3. The van der Waals surface area contributed by atoms with E-state index in [1.54, 1.807) is 0 Å². The van der Waals surface area contributed by atoms with Gasteiger partial charge in [0.1, 0.15) is 0 Å². The molecule has 0 saturated carbocycles. The number of hydrogen-bond acceptors (Lipinski definition) is 6. The molecule has 0 heterocycles. The van der Waals surface area contributed by atoms with E-state index in [-0.39, 0.29) is 175 Å². The first kappa shape index (κ1) is 26.3. The predicted octanol–water partition coefficient (Wildman–Crippen LogP) is -11.7. The van der Waals surface area contributed by atoms with E-state index in [0.29, 0.717) is 0 Å². The Morgan fingerprint density at radius 1 is 1.00 bits per heavy atom. The molecule has 7 nitrogen and oxygen atoms in total. The summed E-state index contributed by atoms with van der Waals surface area (Å²) >= 11 is 0. The average molecular weight is 431 g/mol. The molecule has 0 aliphatic carbocycles. The molecule has 0 spiro atoms. The van der Waals surface area contributed by atoms with Crippen molar-refractivity contribution in [2.75, 3.05) is 0 Å². The van der Waals surface area contributed by atoms with Crippen LogP contribution in [0.5, 0.6) is 0 Å². The van der Waals surface area contributed by atoms with Crippen molar-refractivity contribution in [1.82, 2.24) is 0 Å². The average Bonchev–Trinajstić information content (AvgIpc) is 1.14. The molecular weight excluding hydrogens is 430 g/mol. The maximum absolute atomic E-state index is 9.44. The van der Waals surface area contributed by atoms with Gasteiger partial charge in [0.15, 0.2) is 0 Å². The molecule has 0 aromatic rings. The van der Waals surface area contributed by atoms with E-state index in [9.17, 15) is 23.8 Å². The minimum Gasteiger partial charge on any atom is -0.790 e. The van der Waals surface area contributed by atoms with Crippen molar-refractivity contribution in [3.8, 4) is 0 Å². The zero-order valence-electron chi connectivity index (χ0n) is 6.79. The second kappa shape index (κ2) is 11.7. The van der Waals surface area contributed by atoms with Crippen molar-refractivity contribution in [3.63, 3.8) is 0 Å².